The zero-order chi connectivity index (χ0) is 9.35. The van der Waals surface area contributed by atoms with Gasteiger partial charge in [-0.1, -0.05) is 39.7 Å². The molecule has 2 atom stereocenters. The fraction of sp³-hybridized carbons (Fsp3) is 0.375. The molecule has 0 aliphatic heterocycles. The lowest BCUT2D eigenvalue weighted by Crippen LogP contribution is -2.32. The SMILES string of the molecule is CC1(Br)C(Cl)=CC=CC1C(=O)Cl. The van der Waals surface area contributed by atoms with Gasteiger partial charge in [0.15, 0.2) is 0 Å². The number of allylic oxidation sites excluding steroid dienone is 4. The highest BCUT2D eigenvalue weighted by atomic mass is 79.9. The Balaban J connectivity index is 3.01. The summed E-state index contributed by atoms with van der Waals surface area (Å²) in [5, 5.41) is 0.181. The van der Waals surface area contributed by atoms with Crippen molar-refractivity contribution < 1.29 is 4.79 Å². The number of carbonyl (C=O) groups is 1. The Hall–Kier alpha value is 0.210. The minimum absolute atomic E-state index is 0.392. The first-order valence-corrected chi connectivity index (χ1v) is 4.94. The molecule has 0 aromatic heterocycles. The maximum absolute atomic E-state index is 11.0. The molecule has 1 nitrogen and oxygen atoms in total. The Kier molecular flexibility index (Phi) is 3.02. The molecule has 66 valence electrons. The Labute approximate surface area is 89.5 Å². The van der Waals surface area contributed by atoms with Gasteiger partial charge in [0.2, 0.25) is 5.24 Å². The van der Waals surface area contributed by atoms with Crippen LogP contribution in [0.4, 0.5) is 0 Å². The number of carbonyl (C=O) groups excluding carboxylic acids is 1. The van der Waals surface area contributed by atoms with Gasteiger partial charge >= 0.3 is 0 Å². The molecular formula is C8H7BrCl2O. The highest BCUT2D eigenvalue weighted by Gasteiger charge is 2.38. The Morgan fingerprint density at radius 2 is 2.33 bits per heavy atom. The molecule has 12 heavy (non-hydrogen) atoms. The van der Waals surface area contributed by atoms with Crippen LogP contribution in [0, 0.1) is 5.92 Å². The molecule has 0 saturated heterocycles. The fourth-order valence-corrected chi connectivity index (χ4v) is 2.14. The second-order valence-corrected chi connectivity index (χ2v) is 5.18. The molecule has 0 saturated carbocycles. The van der Waals surface area contributed by atoms with E-state index in [2.05, 4.69) is 15.9 Å². The lowest BCUT2D eigenvalue weighted by molar-refractivity contribution is -0.114. The summed E-state index contributed by atoms with van der Waals surface area (Å²) in [5.41, 5.74) is 0. The minimum atomic E-state index is -0.553. The summed E-state index contributed by atoms with van der Waals surface area (Å²) >= 11 is 14.7. The van der Waals surface area contributed by atoms with Gasteiger partial charge in [-0.05, 0) is 24.6 Å². The quantitative estimate of drug-likeness (QED) is 0.528. The van der Waals surface area contributed by atoms with E-state index in [4.69, 9.17) is 23.2 Å². The topological polar surface area (TPSA) is 17.1 Å². The van der Waals surface area contributed by atoms with Gasteiger partial charge in [-0.25, -0.2) is 0 Å². The molecule has 0 bridgehead atoms. The van der Waals surface area contributed by atoms with Crippen molar-refractivity contribution in [1.82, 2.24) is 0 Å². The molecule has 0 amide bonds. The standard InChI is InChI=1S/C8H7BrCl2O/c1-8(9)5(7(11)12)3-2-4-6(8)10/h2-5H,1H3. The van der Waals surface area contributed by atoms with Crippen molar-refractivity contribution in [1.29, 1.82) is 0 Å². The van der Waals surface area contributed by atoms with Crippen molar-refractivity contribution in [3.05, 3.63) is 23.3 Å². The molecule has 0 N–H and O–H groups in total. The van der Waals surface area contributed by atoms with E-state index in [1.54, 1.807) is 18.2 Å². The van der Waals surface area contributed by atoms with E-state index in [0.29, 0.717) is 5.03 Å². The summed E-state index contributed by atoms with van der Waals surface area (Å²) in [6, 6.07) is 0. The van der Waals surface area contributed by atoms with Gasteiger partial charge in [-0.2, -0.15) is 0 Å². The summed E-state index contributed by atoms with van der Waals surface area (Å²) in [7, 11) is 0. The molecule has 0 heterocycles. The Morgan fingerprint density at radius 1 is 1.75 bits per heavy atom. The highest BCUT2D eigenvalue weighted by molar-refractivity contribution is 9.10. The first kappa shape index (κ1) is 10.3. The summed E-state index contributed by atoms with van der Waals surface area (Å²) in [4.78, 5) is 11.0. The van der Waals surface area contributed by atoms with Crippen LogP contribution in [0.2, 0.25) is 0 Å². The van der Waals surface area contributed by atoms with Crippen molar-refractivity contribution in [2.45, 2.75) is 11.2 Å². The number of alkyl halides is 1. The van der Waals surface area contributed by atoms with E-state index in [1.807, 2.05) is 6.92 Å². The Bertz CT molecular complexity index is 268. The molecule has 0 radical (unpaired) electrons. The van der Waals surface area contributed by atoms with E-state index in [9.17, 15) is 4.79 Å². The van der Waals surface area contributed by atoms with Gasteiger partial charge < -0.3 is 0 Å². The number of halogens is 3. The zero-order valence-corrected chi connectivity index (χ0v) is 9.45. The zero-order valence-electron chi connectivity index (χ0n) is 6.35. The summed E-state index contributed by atoms with van der Waals surface area (Å²) in [6.07, 6.45) is 5.21. The lowest BCUT2D eigenvalue weighted by Gasteiger charge is -2.29. The molecule has 0 spiro atoms. The maximum Gasteiger partial charge on any atom is 0.230 e. The van der Waals surface area contributed by atoms with Gasteiger partial charge in [0.25, 0.3) is 0 Å². The van der Waals surface area contributed by atoms with Crippen molar-refractivity contribution >= 4 is 44.4 Å². The third-order valence-electron chi connectivity index (χ3n) is 1.84. The molecule has 0 fully saturated rings. The molecule has 1 rings (SSSR count). The molecule has 4 heteroatoms. The molecule has 2 unspecified atom stereocenters. The summed E-state index contributed by atoms with van der Waals surface area (Å²) in [6.45, 7) is 1.82. The molecule has 0 aromatic rings. The van der Waals surface area contributed by atoms with Crippen LogP contribution in [0.3, 0.4) is 0 Å². The largest absolute Gasteiger partial charge is 0.281 e. The van der Waals surface area contributed by atoms with Crippen LogP contribution >= 0.6 is 39.1 Å². The van der Waals surface area contributed by atoms with E-state index in [1.165, 1.54) is 0 Å². The monoisotopic (exact) mass is 268 g/mol. The molecule has 0 aromatic carbocycles. The summed E-state index contributed by atoms with van der Waals surface area (Å²) in [5.74, 6) is -0.392. The first-order valence-electron chi connectivity index (χ1n) is 3.39. The minimum Gasteiger partial charge on any atom is -0.281 e. The second kappa shape index (κ2) is 3.52. The van der Waals surface area contributed by atoms with Crippen molar-refractivity contribution in [2.24, 2.45) is 5.92 Å². The average molecular weight is 270 g/mol. The van der Waals surface area contributed by atoms with Crippen LogP contribution in [-0.2, 0) is 4.79 Å². The van der Waals surface area contributed by atoms with Crippen LogP contribution in [0.1, 0.15) is 6.92 Å². The van der Waals surface area contributed by atoms with Crippen LogP contribution < -0.4 is 0 Å². The first-order chi connectivity index (χ1) is 5.46. The average Bonchev–Trinajstić information content (AvgIpc) is 1.94. The van der Waals surface area contributed by atoms with Crippen LogP contribution in [0.25, 0.3) is 0 Å². The lowest BCUT2D eigenvalue weighted by atomic mass is 9.90. The van der Waals surface area contributed by atoms with Crippen molar-refractivity contribution in [3.63, 3.8) is 0 Å². The number of rotatable bonds is 1. The van der Waals surface area contributed by atoms with Crippen LogP contribution in [0.15, 0.2) is 23.3 Å². The third kappa shape index (κ3) is 1.76. The highest BCUT2D eigenvalue weighted by Crippen LogP contribution is 2.41. The molecular weight excluding hydrogens is 263 g/mol. The van der Waals surface area contributed by atoms with E-state index in [0.717, 1.165) is 0 Å². The maximum atomic E-state index is 11.0. The third-order valence-corrected chi connectivity index (χ3v) is 3.74. The van der Waals surface area contributed by atoms with E-state index >= 15 is 0 Å². The van der Waals surface area contributed by atoms with Crippen molar-refractivity contribution in [3.8, 4) is 0 Å². The van der Waals surface area contributed by atoms with Gasteiger partial charge in [0.1, 0.15) is 0 Å². The van der Waals surface area contributed by atoms with Gasteiger partial charge in [-0.3, -0.25) is 4.79 Å². The smallest absolute Gasteiger partial charge is 0.230 e. The normalized spacial score (nSPS) is 34.7. The Morgan fingerprint density at radius 3 is 2.75 bits per heavy atom. The predicted molar refractivity (Wildman–Crippen MR) is 54.8 cm³/mol. The van der Waals surface area contributed by atoms with Gasteiger partial charge in [0.05, 0.1) is 10.2 Å². The molecule has 1 aliphatic rings. The summed E-state index contributed by atoms with van der Waals surface area (Å²) < 4.78 is -0.553. The van der Waals surface area contributed by atoms with Crippen LogP contribution in [0.5, 0.6) is 0 Å². The van der Waals surface area contributed by atoms with Crippen LogP contribution in [-0.4, -0.2) is 9.57 Å². The fourth-order valence-electron chi connectivity index (χ4n) is 1.03. The predicted octanol–water partition coefficient (Wildman–Crippen LogP) is 3.21. The van der Waals surface area contributed by atoms with Gasteiger partial charge in [0, 0.05) is 5.03 Å². The number of hydrogen-bond acceptors (Lipinski definition) is 1. The van der Waals surface area contributed by atoms with Gasteiger partial charge in [-0.15, -0.1) is 0 Å². The van der Waals surface area contributed by atoms with Crippen molar-refractivity contribution in [2.75, 3.05) is 0 Å². The van der Waals surface area contributed by atoms with E-state index < -0.39 is 15.5 Å². The van der Waals surface area contributed by atoms with E-state index in [-0.39, 0.29) is 0 Å². The molecule has 1 aliphatic carbocycles. The number of hydrogen-bond donors (Lipinski definition) is 0. The second-order valence-electron chi connectivity index (χ2n) is 2.76.